The Labute approximate surface area is 82.0 Å². The van der Waals surface area contributed by atoms with Gasteiger partial charge < -0.3 is 0 Å². The summed E-state index contributed by atoms with van der Waals surface area (Å²) in [6.07, 6.45) is 3.66. The molecule has 0 radical (unpaired) electrons. The highest BCUT2D eigenvalue weighted by Gasteiger charge is 2.11. The average molecular weight is 196 g/mol. The molecule has 0 aliphatic rings. The van der Waals surface area contributed by atoms with Crippen molar-refractivity contribution < 1.29 is 4.79 Å². The minimum absolute atomic E-state index is 0.0593. The molecule has 0 aromatic carbocycles. The Kier molecular flexibility index (Phi) is 3.89. The molecule has 1 aromatic rings. The monoisotopic (exact) mass is 196 g/mol. The van der Waals surface area contributed by atoms with Gasteiger partial charge in [-0.05, 0) is 5.75 Å². The van der Waals surface area contributed by atoms with Crippen molar-refractivity contribution in [3.8, 4) is 0 Å². The van der Waals surface area contributed by atoms with Gasteiger partial charge in [-0.2, -0.15) is 0 Å². The number of thioether (sulfide) groups is 1. The second-order valence-corrected chi connectivity index (χ2v) is 3.67. The molecule has 0 fully saturated rings. The fourth-order valence-corrected chi connectivity index (χ4v) is 1.64. The van der Waals surface area contributed by atoms with E-state index < -0.39 is 0 Å². The lowest BCUT2D eigenvalue weighted by molar-refractivity contribution is 0.0979. The maximum atomic E-state index is 11.4. The van der Waals surface area contributed by atoms with Gasteiger partial charge in [-0.1, -0.05) is 13.8 Å². The normalized spacial score (nSPS) is 10.0. The van der Waals surface area contributed by atoms with Crippen LogP contribution in [0.25, 0.3) is 0 Å². The minimum Gasteiger partial charge on any atom is -0.292 e. The molecule has 0 amide bonds. The number of rotatable bonds is 4. The van der Waals surface area contributed by atoms with Crippen molar-refractivity contribution in [3.63, 3.8) is 0 Å². The Morgan fingerprint density at radius 1 is 1.38 bits per heavy atom. The zero-order chi connectivity index (χ0) is 9.68. The summed E-state index contributed by atoms with van der Waals surface area (Å²) >= 11 is 1.55. The lowest BCUT2D eigenvalue weighted by atomic mass is 10.2. The lowest BCUT2D eigenvalue weighted by Gasteiger charge is -2.02. The molecule has 3 nitrogen and oxygen atoms in total. The van der Waals surface area contributed by atoms with Gasteiger partial charge in [-0.15, -0.1) is 11.8 Å². The van der Waals surface area contributed by atoms with Crippen molar-refractivity contribution >= 4 is 17.5 Å². The van der Waals surface area contributed by atoms with Crippen molar-refractivity contribution in [1.82, 2.24) is 9.97 Å². The zero-order valence-electron chi connectivity index (χ0n) is 7.78. The van der Waals surface area contributed by atoms with E-state index in [1.54, 1.807) is 24.2 Å². The number of hydrogen-bond donors (Lipinski definition) is 0. The molecule has 1 heterocycles. The van der Waals surface area contributed by atoms with Gasteiger partial charge >= 0.3 is 0 Å². The van der Waals surface area contributed by atoms with Gasteiger partial charge in [-0.3, -0.25) is 4.79 Å². The van der Waals surface area contributed by atoms with Crippen LogP contribution in [0.2, 0.25) is 0 Å². The van der Waals surface area contributed by atoms with Crippen LogP contribution >= 0.6 is 11.8 Å². The molecule has 0 N–H and O–H groups in total. The third-order valence-corrected chi connectivity index (χ3v) is 2.39. The first-order valence-corrected chi connectivity index (χ1v) is 5.25. The molecule has 70 valence electrons. The van der Waals surface area contributed by atoms with E-state index in [1.807, 2.05) is 13.8 Å². The Morgan fingerprint density at radius 2 is 2.08 bits per heavy atom. The Hall–Kier alpha value is -0.900. The maximum Gasteiger partial charge on any atom is 0.183 e. The van der Waals surface area contributed by atoms with Crippen LogP contribution < -0.4 is 0 Å². The minimum atomic E-state index is 0.0593. The molecule has 0 atom stereocenters. The molecule has 0 aliphatic carbocycles. The van der Waals surface area contributed by atoms with E-state index in [0.29, 0.717) is 12.1 Å². The SMILES string of the molecule is CCSc1nccnc1C(=O)CC. The third kappa shape index (κ3) is 2.52. The summed E-state index contributed by atoms with van der Waals surface area (Å²) in [7, 11) is 0. The first kappa shape index (κ1) is 10.2. The van der Waals surface area contributed by atoms with Gasteiger partial charge in [0.1, 0.15) is 10.7 Å². The Morgan fingerprint density at radius 3 is 2.69 bits per heavy atom. The van der Waals surface area contributed by atoms with E-state index in [-0.39, 0.29) is 5.78 Å². The van der Waals surface area contributed by atoms with E-state index in [1.165, 1.54) is 0 Å². The number of ketones is 1. The number of aromatic nitrogens is 2. The smallest absolute Gasteiger partial charge is 0.183 e. The topological polar surface area (TPSA) is 42.9 Å². The number of hydrogen-bond acceptors (Lipinski definition) is 4. The number of Topliss-reactive ketones (excluding diaryl/α,β-unsaturated/α-hetero) is 1. The highest BCUT2D eigenvalue weighted by atomic mass is 32.2. The fraction of sp³-hybridized carbons (Fsp3) is 0.444. The summed E-state index contributed by atoms with van der Waals surface area (Å²) < 4.78 is 0. The van der Waals surface area contributed by atoms with Crippen molar-refractivity contribution in [3.05, 3.63) is 18.1 Å². The number of carbonyl (C=O) groups is 1. The largest absolute Gasteiger partial charge is 0.292 e. The van der Waals surface area contributed by atoms with Gasteiger partial charge in [0.25, 0.3) is 0 Å². The van der Waals surface area contributed by atoms with E-state index in [9.17, 15) is 4.79 Å². The van der Waals surface area contributed by atoms with Crippen molar-refractivity contribution in [1.29, 1.82) is 0 Å². The molecule has 4 heteroatoms. The number of carbonyl (C=O) groups excluding carboxylic acids is 1. The van der Waals surface area contributed by atoms with Crippen LogP contribution in [-0.2, 0) is 0 Å². The Balaban J connectivity index is 2.97. The predicted molar refractivity (Wildman–Crippen MR) is 53.1 cm³/mol. The van der Waals surface area contributed by atoms with Gasteiger partial charge in [-0.25, -0.2) is 9.97 Å². The summed E-state index contributed by atoms with van der Waals surface area (Å²) in [6, 6.07) is 0. The van der Waals surface area contributed by atoms with Crippen LogP contribution in [0, 0.1) is 0 Å². The number of nitrogens with zero attached hydrogens (tertiary/aromatic N) is 2. The standard InChI is InChI=1S/C9H12N2OS/c1-3-7(12)8-9(13-4-2)11-6-5-10-8/h5-6H,3-4H2,1-2H3. The van der Waals surface area contributed by atoms with E-state index in [2.05, 4.69) is 9.97 Å². The summed E-state index contributed by atoms with van der Waals surface area (Å²) in [4.78, 5) is 19.5. The molecule has 0 aliphatic heterocycles. The van der Waals surface area contributed by atoms with Crippen LogP contribution in [-0.4, -0.2) is 21.5 Å². The lowest BCUT2D eigenvalue weighted by Crippen LogP contribution is -2.03. The van der Waals surface area contributed by atoms with Crippen LogP contribution in [0.15, 0.2) is 17.4 Å². The summed E-state index contributed by atoms with van der Waals surface area (Å²) in [5, 5.41) is 0.747. The van der Waals surface area contributed by atoms with Gasteiger partial charge in [0.2, 0.25) is 0 Å². The first-order chi connectivity index (χ1) is 6.29. The van der Waals surface area contributed by atoms with Gasteiger partial charge in [0, 0.05) is 18.8 Å². The molecule has 1 aromatic heterocycles. The highest BCUT2D eigenvalue weighted by Crippen LogP contribution is 2.18. The molecular weight excluding hydrogens is 184 g/mol. The molecule has 0 saturated carbocycles. The summed E-state index contributed by atoms with van der Waals surface area (Å²) in [6.45, 7) is 3.86. The van der Waals surface area contributed by atoms with E-state index >= 15 is 0 Å². The van der Waals surface area contributed by atoms with Crippen molar-refractivity contribution in [2.75, 3.05) is 5.75 Å². The Bertz CT molecular complexity index is 301. The quantitative estimate of drug-likeness (QED) is 0.547. The van der Waals surface area contributed by atoms with Crippen LogP contribution in [0.3, 0.4) is 0 Å². The molecule has 1 rings (SSSR count). The maximum absolute atomic E-state index is 11.4. The van der Waals surface area contributed by atoms with Crippen LogP contribution in [0.5, 0.6) is 0 Å². The second-order valence-electron chi connectivity index (χ2n) is 2.42. The zero-order valence-corrected chi connectivity index (χ0v) is 8.60. The fourth-order valence-electron chi connectivity index (χ4n) is 0.926. The van der Waals surface area contributed by atoms with E-state index in [4.69, 9.17) is 0 Å². The first-order valence-electron chi connectivity index (χ1n) is 4.26. The van der Waals surface area contributed by atoms with Crippen LogP contribution in [0.4, 0.5) is 0 Å². The van der Waals surface area contributed by atoms with Crippen LogP contribution in [0.1, 0.15) is 30.8 Å². The predicted octanol–water partition coefficient (Wildman–Crippen LogP) is 2.18. The molecule has 13 heavy (non-hydrogen) atoms. The third-order valence-electron chi connectivity index (χ3n) is 1.53. The molecule has 0 bridgehead atoms. The summed E-state index contributed by atoms with van der Waals surface area (Å²) in [5.74, 6) is 0.965. The van der Waals surface area contributed by atoms with Gasteiger partial charge in [0.05, 0.1) is 0 Å². The molecule has 0 spiro atoms. The summed E-state index contributed by atoms with van der Waals surface area (Å²) in [5.41, 5.74) is 0.511. The highest BCUT2D eigenvalue weighted by molar-refractivity contribution is 7.99. The van der Waals surface area contributed by atoms with Crippen molar-refractivity contribution in [2.24, 2.45) is 0 Å². The van der Waals surface area contributed by atoms with Crippen molar-refractivity contribution in [2.45, 2.75) is 25.3 Å². The van der Waals surface area contributed by atoms with E-state index in [0.717, 1.165) is 10.8 Å². The van der Waals surface area contributed by atoms with Gasteiger partial charge in [0.15, 0.2) is 5.78 Å². The molecule has 0 unspecified atom stereocenters. The second kappa shape index (κ2) is 4.97. The molecule has 0 saturated heterocycles. The average Bonchev–Trinajstić information content (AvgIpc) is 2.18. The molecular formula is C9H12N2OS.